The maximum Gasteiger partial charge on any atom is 0.263 e. The first-order chi connectivity index (χ1) is 11.2. The molecule has 0 saturated heterocycles. The molecule has 0 unspecified atom stereocenters. The maximum atomic E-state index is 11.9. The number of halogens is 1. The van der Waals surface area contributed by atoms with Crippen LogP contribution in [-0.2, 0) is 4.79 Å². The summed E-state index contributed by atoms with van der Waals surface area (Å²) in [5.41, 5.74) is 1.73. The van der Waals surface area contributed by atoms with Gasteiger partial charge in [-0.1, -0.05) is 11.6 Å². The van der Waals surface area contributed by atoms with E-state index in [1.54, 1.807) is 42.7 Å². The van der Waals surface area contributed by atoms with Gasteiger partial charge in [-0.15, -0.1) is 0 Å². The van der Waals surface area contributed by atoms with Gasteiger partial charge >= 0.3 is 0 Å². The summed E-state index contributed by atoms with van der Waals surface area (Å²) in [5.74, 6) is 0.707. The van der Waals surface area contributed by atoms with Gasteiger partial charge in [0.15, 0.2) is 12.4 Å². The fraction of sp³-hybridized carbons (Fsp3) is 0.0625. The van der Waals surface area contributed by atoms with Gasteiger partial charge < -0.3 is 10.1 Å². The Labute approximate surface area is 137 Å². The predicted octanol–water partition coefficient (Wildman–Crippen LogP) is 3.14. The number of carbonyl (C=O) groups is 1. The molecule has 0 radical (unpaired) electrons. The van der Waals surface area contributed by atoms with Gasteiger partial charge in [0.25, 0.3) is 5.91 Å². The molecular formula is C16H13ClN4O2. The first-order valence-electron chi connectivity index (χ1n) is 6.85. The van der Waals surface area contributed by atoms with E-state index < -0.39 is 0 Å². The molecule has 3 rings (SSSR count). The van der Waals surface area contributed by atoms with Crippen LogP contribution in [0.4, 0.5) is 5.82 Å². The smallest absolute Gasteiger partial charge is 0.263 e. The molecule has 1 amide bonds. The first kappa shape index (κ1) is 15.1. The summed E-state index contributed by atoms with van der Waals surface area (Å²) in [6.45, 7) is -0.112. The van der Waals surface area contributed by atoms with Crippen molar-refractivity contribution < 1.29 is 9.53 Å². The van der Waals surface area contributed by atoms with Gasteiger partial charge in [-0.05, 0) is 36.4 Å². The summed E-state index contributed by atoms with van der Waals surface area (Å²) in [5, 5.41) is 10.2. The Balaban J connectivity index is 1.56. The number of H-pyrrole nitrogens is 1. The molecule has 0 aliphatic carbocycles. The molecule has 2 N–H and O–H groups in total. The zero-order valence-corrected chi connectivity index (χ0v) is 12.7. The SMILES string of the molecule is O=C(COc1ccc(Cl)cc1)Nc1cc(-c2ccncc2)[nH]n1. The normalized spacial score (nSPS) is 10.3. The highest BCUT2D eigenvalue weighted by atomic mass is 35.5. The Morgan fingerprint density at radius 2 is 1.91 bits per heavy atom. The van der Waals surface area contributed by atoms with Crippen LogP contribution in [0, 0.1) is 0 Å². The van der Waals surface area contributed by atoms with Crippen LogP contribution in [0.25, 0.3) is 11.3 Å². The van der Waals surface area contributed by atoms with Crippen molar-refractivity contribution in [2.75, 3.05) is 11.9 Å². The van der Waals surface area contributed by atoms with Crippen molar-refractivity contribution >= 4 is 23.3 Å². The number of hydrogen-bond acceptors (Lipinski definition) is 4. The molecular weight excluding hydrogens is 316 g/mol. The number of nitrogens with one attached hydrogen (secondary N) is 2. The van der Waals surface area contributed by atoms with E-state index in [0.29, 0.717) is 16.6 Å². The second-order valence-electron chi connectivity index (χ2n) is 4.69. The van der Waals surface area contributed by atoms with E-state index in [0.717, 1.165) is 11.3 Å². The molecule has 2 heterocycles. The number of nitrogens with zero attached hydrogens (tertiary/aromatic N) is 2. The van der Waals surface area contributed by atoms with Gasteiger partial charge in [0.1, 0.15) is 5.75 Å². The number of pyridine rings is 1. The van der Waals surface area contributed by atoms with E-state index in [2.05, 4.69) is 20.5 Å². The average molecular weight is 329 g/mol. The van der Waals surface area contributed by atoms with Crippen LogP contribution >= 0.6 is 11.6 Å². The molecule has 0 saturated carbocycles. The summed E-state index contributed by atoms with van der Waals surface area (Å²) < 4.78 is 5.37. The quantitative estimate of drug-likeness (QED) is 0.754. The predicted molar refractivity (Wildman–Crippen MR) is 87.4 cm³/mol. The van der Waals surface area contributed by atoms with Gasteiger partial charge in [-0.2, -0.15) is 5.10 Å². The molecule has 7 heteroatoms. The molecule has 6 nitrogen and oxygen atoms in total. The zero-order chi connectivity index (χ0) is 16.1. The zero-order valence-electron chi connectivity index (χ0n) is 12.0. The minimum absolute atomic E-state index is 0.112. The van der Waals surface area contributed by atoms with Crippen LogP contribution in [0.15, 0.2) is 54.9 Å². The van der Waals surface area contributed by atoms with Crippen molar-refractivity contribution in [1.82, 2.24) is 15.2 Å². The minimum Gasteiger partial charge on any atom is -0.484 e. The number of ether oxygens (including phenoxy) is 1. The number of amides is 1. The van der Waals surface area contributed by atoms with Crippen molar-refractivity contribution in [1.29, 1.82) is 0 Å². The molecule has 0 fully saturated rings. The Bertz CT molecular complexity index is 787. The molecule has 0 aliphatic heterocycles. The molecule has 0 spiro atoms. The number of anilines is 1. The number of aromatic amines is 1. The lowest BCUT2D eigenvalue weighted by Crippen LogP contribution is -2.20. The van der Waals surface area contributed by atoms with E-state index in [1.807, 2.05) is 12.1 Å². The molecule has 0 atom stereocenters. The van der Waals surface area contributed by atoms with Crippen LogP contribution in [0.1, 0.15) is 0 Å². The van der Waals surface area contributed by atoms with E-state index in [9.17, 15) is 4.79 Å². The van der Waals surface area contributed by atoms with E-state index >= 15 is 0 Å². The van der Waals surface area contributed by atoms with Crippen molar-refractivity contribution in [3.8, 4) is 17.0 Å². The lowest BCUT2D eigenvalue weighted by molar-refractivity contribution is -0.118. The van der Waals surface area contributed by atoms with Gasteiger partial charge in [0, 0.05) is 29.0 Å². The Morgan fingerprint density at radius 3 is 2.65 bits per heavy atom. The van der Waals surface area contributed by atoms with E-state index in [1.165, 1.54) is 0 Å². The molecule has 3 aromatic rings. The monoisotopic (exact) mass is 328 g/mol. The number of carbonyl (C=O) groups excluding carboxylic acids is 1. The molecule has 23 heavy (non-hydrogen) atoms. The van der Waals surface area contributed by atoms with Crippen LogP contribution in [0.3, 0.4) is 0 Å². The van der Waals surface area contributed by atoms with Crippen molar-refractivity contribution in [3.05, 3.63) is 59.9 Å². The fourth-order valence-corrected chi connectivity index (χ4v) is 2.05. The summed E-state index contributed by atoms with van der Waals surface area (Å²) >= 11 is 5.78. The van der Waals surface area contributed by atoms with Crippen LogP contribution in [0.2, 0.25) is 5.02 Å². The van der Waals surface area contributed by atoms with Gasteiger partial charge in [0.2, 0.25) is 0 Å². The number of benzene rings is 1. The summed E-state index contributed by atoms with van der Waals surface area (Å²) in [6.07, 6.45) is 3.38. The molecule has 2 aromatic heterocycles. The molecule has 0 bridgehead atoms. The van der Waals surface area contributed by atoms with E-state index in [-0.39, 0.29) is 12.5 Å². The maximum absolute atomic E-state index is 11.9. The number of aromatic nitrogens is 3. The van der Waals surface area contributed by atoms with Crippen molar-refractivity contribution in [2.24, 2.45) is 0 Å². The Hall–Kier alpha value is -2.86. The third kappa shape index (κ3) is 4.08. The largest absolute Gasteiger partial charge is 0.484 e. The number of rotatable bonds is 5. The highest BCUT2D eigenvalue weighted by Crippen LogP contribution is 2.19. The topological polar surface area (TPSA) is 79.9 Å². The summed E-state index contributed by atoms with van der Waals surface area (Å²) in [7, 11) is 0. The lowest BCUT2D eigenvalue weighted by Gasteiger charge is -2.05. The van der Waals surface area contributed by atoms with Gasteiger partial charge in [0.05, 0.1) is 5.69 Å². The fourth-order valence-electron chi connectivity index (χ4n) is 1.92. The van der Waals surface area contributed by atoms with Crippen molar-refractivity contribution in [3.63, 3.8) is 0 Å². The third-order valence-electron chi connectivity index (χ3n) is 3.02. The summed E-state index contributed by atoms with van der Waals surface area (Å²) in [4.78, 5) is 15.8. The van der Waals surface area contributed by atoms with Gasteiger partial charge in [-0.25, -0.2) is 0 Å². The van der Waals surface area contributed by atoms with Crippen molar-refractivity contribution in [2.45, 2.75) is 0 Å². The Morgan fingerprint density at radius 1 is 1.17 bits per heavy atom. The highest BCUT2D eigenvalue weighted by molar-refractivity contribution is 6.30. The molecule has 116 valence electrons. The standard InChI is InChI=1S/C16H13ClN4O2/c17-12-1-3-13(4-2-12)23-10-16(22)19-15-9-14(20-21-15)11-5-7-18-8-6-11/h1-9H,10H2,(H2,19,20,21,22). The van der Waals surface area contributed by atoms with Crippen LogP contribution in [0.5, 0.6) is 5.75 Å². The second kappa shape index (κ2) is 6.93. The van der Waals surface area contributed by atoms with Crippen LogP contribution in [-0.4, -0.2) is 27.7 Å². The summed E-state index contributed by atoms with van der Waals surface area (Å²) in [6, 6.07) is 12.2. The Kier molecular flexibility index (Phi) is 4.54. The average Bonchev–Trinajstić information content (AvgIpc) is 3.04. The second-order valence-corrected chi connectivity index (χ2v) is 5.13. The lowest BCUT2D eigenvalue weighted by atomic mass is 10.2. The molecule has 0 aliphatic rings. The molecule has 1 aromatic carbocycles. The number of hydrogen-bond donors (Lipinski definition) is 2. The minimum atomic E-state index is -0.298. The van der Waals surface area contributed by atoms with Crippen LogP contribution < -0.4 is 10.1 Å². The first-order valence-corrected chi connectivity index (χ1v) is 7.22. The third-order valence-corrected chi connectivity index (χ3v) is 3.27. The highest BCUT2D eigenvalue weighted by Gasteiger charge is 2.08. The van der Waals surface area contributed by atoms with E-state index in [4.69, 9.17) is 16.3 Å². The van der Waals surface area contributed by atoms with Gasteiger partial charge in [-0.3, -0.25) is 14.9 Å².